The van der Waals surface area contributed by atoms with E-state index in [9.17, 15) is 14.4 Å². The summed E-state index contributed by atoms with van der Waals surface area (Å²) in [6.07, 6.45) is 2.31. The second-order valence-corrected chi connectivity index (χ2v) is 3.82. The summed E-state index contributed by atoms with van der Waals surface area (Å²) in [6.45, 7) is 2.65. The summed E-state index contributed by atoms with van der Waals surface area (Å²) in [5.74, 6) is -1.40. The monoisotopic (exact) mass is 278 g/mol. The van der Waals surface area contributed by atoms with Gasteiger partial charge in [0.15, 0.2) is 0 Å². The number of amides is 2. The highest BCUT2D eigenvalue weighted by molar-refractivity contribution is 6.30. The van der Waals surface area contributed by atoms with E-state index in [1.54, 1.807) is 0 Å². The minimum atomic E-state index is -0.926. The van der Waals surface area contributed by atoms with Crippen LogP contribution in [0.4, 0.5) is 5.69 Å². The van der Waals surface area contributed by atoms with Crippen molar-refractivity contribution in [3.63, 3.8) is 0 Å². The average molecular weight is 278 g/mol. The van der Waals surface area contributed by atoms with Crippen LogP contribution in [0.5, 0.6) is 0 Å². The maximum Gasteiger partial charge on any atom is 0.291 e. The molecule has 0 atom stereocenters. The van der Waals surface area contributed by atoms with Gasteiger partial charge in [-0.2, -0.15) is 0 Å². The number of hydrogen-bond donors (Lipinski definition) is 1. The van der Waals surface area contributed by atoms with Gasteiger partial charge in [-0.1, -0.05) is 31.5 Å². The molecule has 0 spiro atoms. The molecule has 0 aliphatic rings. The highest BCUT2D eigenvalue weighted by Gasteiger charge is 2.13. The summed E-state index contributed by atoms with van der Waals surface area (Å²) >= 11 is 0. The van der Waals surface area contributed by atoms with E-state index >= 15 is 0 Å². The van der Waals surface area contributed by atoms with Gasteiger partial charge < -0.3 is 10.6 Å². The molecule has 0 bridgehead atoms. The normalized spacial score (nSPS) is 8.85. The van der Waals surface area contributed by atoms with Crippen molar-refractivity contribution in [1.82, 2.24) is 0 Å². The van der Waals surface area contributed by atoms with Gasteiger partial charge >= 0.3 is 0 Å². The first-order valence-electron chi connectivity index (χ1n) is 6.13. The number of carbonyl (C=O) groups is 4. The van der Waals surface area contributed by atoms with Gasteiger partial charge in [0.1, 0.15) is 0 Å². The number of rotatable bonds is 6. The first kappa shape index (κ1) is 17.5. The van der Waals surface area contributed by atoms with E-state index in [1.807, 2.05) is 30.3 Å². The molecule has 0 saturated carbocycles. The fraction of sp³-hybridized carbons (Fsp3) is 0.286. The highest BCUT2D eigenvalue weighted by Crippen LogP contribution is 2.13. The Morgan fingerprint density at radius 2 is 1.70 bits per heavy atom. The first-order chi connectivity index (χ1) is 9.56. The van der Waals surface area contributed by atoms with E-state index in [1.165, 1.54) is 4.90 Å². The number of unbranched alkanes of at least 4 members (excludes halogenated alkanes) is 1. The zero-order valence-corrected chi connectivity index (χ0v) is 11.3. The third kappa shape index (κ3) is 7.05. The number of nitrogens with zero attached hydrogens (tertiary/aromatic N) is 1. The van der Waals surface area contributed by atoms with Crippen LogP contribution in [0.15, 0.2) is 30.3 Å². The smallest absolute Gasteiger partial charge is 0.291 e. The number of carbonyl (C=O) groups excluding carboxylic acids is 4. The molecule has 0 radical (unpaired) electrons. The standard InChI is InChI=1S/C12H15NO2.C2H3NO2/c1-2-3-9-13(12(15)10-14)11-7-5-4-6-8-11;3-2(5)1-4/h4-8,10H,2-3,9H2,1H3;1H,(H2,3,5). The van der Waals surface area contributed by atoms with Gasteiger partial charge in [-0.05, 0) is 18.6 Å². The Kier molecular flexibility index (Phi) is 9.12. The van der Waals surface area contributed by atoms with E-state index in [0.717, 1.165) is 18.5 Å². The molecule has 1 aromatic carbocycles. The minimum Gasteiger partial charge on any atom is -0.363 e. The third-order valence-corrected chi connectivity index (χ3v) is 2.29. The molecule has 0 unspecified atom stereocenters. The second kappa shape index (κ2) is 10.4. The van der Waals surface area contributed by atoms with Crippen molar-refractivity contribution in [2.45, 2.75) is 19.8 Å². The minimum absolute atomic E-state index is 0.0556. The number of nitrogens with two attached hydrogens (primary N) is 1. The molecule has 0 saturated heterocycles. The van der Waals surface area contributed by atoms with Crippen LogP contribution in [0, 0.1) is 0 Å². The van der Waals surface area contributed by atoms with Crippen molar-refractivity contribution in [3.05, 3.63) is 30.3 Å². The molecule has 0 heterocycles. The van der Waals surface area contributed by atoms with Crippen LogP contribution >= 0.6 is 0 Å². The van der Waals surface area contributed by atoms with Gasteiger partial charge in [-0.3, -0.25) is 19.2 Å². The van der Waals surface area contributed by atoms with Crippen LogP contribution in [-0.2, 0) is 19.2 Å². The molecule has 6 nitrogen and oxygen atoms in total. The fourth-order valence-electron chi connectivity index (χ4n) is 1.35. The number of benzene rings is 1. The largest absolute Gasteiger partial charge is 0.363 e. The summed E-state index contributed by atoms with van der Waals surface area (Å²) in [7, 11) is 0. The molecule has 0 aliphatic carbocycles. The van der Waals surface area contributed by atoms with Crippen molar-refractivity contribution in [1.29, 1.82) is 0 Å². The molecular formula is C14H18N2O4. The van der Waals surface area contributed by atoms with Crippen LogP contribution in [0.2, 0.25) is 0 Å². The molecular weight excluding hydrogens is 260 g/mol. The van der Waals surface area contributed by atoms with Crippen molar-refractivity contribution >= 4 is 30.1 Å². The molecule has 6 heteroatoms. The number of anilines is 1. The molecule has 0 aliphatic heterocycles. The van der Waals surface area contributed by atoms with Crippen LogP contribution in [0.3, 0.4) is 0 Å². The van der Waals surface area contributed by atoms with Crippen molar-refractivity contribution < 1.29 is 19.2 Å². The van der Waals surface area contributed by atoms with Crippen molar-refractivity contribution in [2.75, 3.05) is 11.4 Å². The summed E-state index contributed by atoms with van der Waals surface area (Å²) in [6, 6.07) is 9.25. The summed E-state index contributed by atoms with van der Waals surface area (Å²) in [5, 5.41) is 0. The van der Waals surface area contributed by atoms with E-state index in [-0.39, 0.29) is 6.29 Å². The van der Waals surface area contributed by atoms with E-state index in [2.05, 4.69) is 12.7 Å². The molecule has 0 fully saturated rings. The predicted octanol–water partition coefficient (Wildman–Crippen LogP) is 0.689. The third-order valence-electron chi connectivity index (χ3n) is 2.29. The van der Waals surface area contributed by atoms with Gasteiger partial charge in [-0.25, -0.2) is 0 Å². The average Bonchev–Trinajstić information content (AvgIpc) is 2.49. The lowest BCUT2D eigenvalue weighted by atomic mass is 10.2. The SMILES string of the molecule is CCCCN(C(=O)C=O)c1ccccc1.NC(=O)C=O. The van der Waals surface area contributed by atoms with Gasteiger partial charge in [0, 0.05) is 12.2 Å². The lowest BCUT2D eigenvalue weighted by molar-refractivity contribution is -0.129. The van der Waals surface area contributed by atoms with Gasteiger partial charge in [0.2, 0.25) is 12.6 Å². The zero-order chi connectivity index (χ0) is 15.4. The Balaban J connectivity index is 0.000000621. The molecule has 2 N–H and O–H groups in total. The predicted molar refractivity (Wildman–Crippen MR) is 75.0 cm³/mol. The number of hydrogen-bond acceptors (Lipinski definition) is 4. The van der Waals surface area contributed by atoms with Gasteiger partial charge in [-0.15, -0.1) is 0 Å². The molecule has 108 valence electrons. The van der Waals surface area contributed by atoms with Crippen LogP contribution in [0.25, 0.3) is 0 Å². The summed E-state index contributed by atoms with van der Waals surface area (Å²) < 4.78 is 0. The van der Waals surface area contributed by atoms with Crippen LogP contribution < -0.4 is 10.6 Å². The number of aldehydes is 2. The van der Waals surface area contributed by atoms with E-state index in [4.69, 9.17) is 4.79 Å². The lowest BCUT2D eigenvalue weighted by Gasteiger charge is -2.19. The van der Waals surface area contributed by atoms with E-state index < -0.39 is 11.8 Å². The molecule has 1 rings (SSSR count). The van der Waals surface area contributed by atoms with Crippen molar-refractivity contribution in [2.24, 2.45) is 5.73 Å². The Morgan fingerprint density at radius 1 is 1.15 bits per heavy atom. The first-order valence-corrected chi connectivity index (χ1v) is 6.13. The van der Waals surface area contributed by atoms with Gasteiger partial charge in [0.25, 0.3) is 11.8 Å². The topological polar surface area (TPSA) is 97.5 Å². The maximum atomic E-state index is 11.4. The lowest BCUT2D eigenvalue weighted by Crippen LogP contribution is -2.32. The molecule has 2 amide bonds. The Bertz CT molecular complexity index is 446. The van der Waals surface area contributed by atoms with Gasteiger partial charge in [0.05, 0.1) is 0 Å². The quantitative estimate of drug-likeness (QED) is 0.611. The number of primary amides is 1. The van der Waals surface area contributed by atoms with Crippen LogP contribution in [0.1, 0.15) is 19.8 Å². The molecule has 20 heavy (non-hydrogen) atoms. The Morgan fingerprint density at radius 3 is 2.10 bits per heavy atom. The summed E-state index contributed by atoms with van der Waals surface area (Å²) in [4.78, 5) is 41.6. The Hall–Kier alpha value is -2.50. The number of para-hydroxylation sites is 1. The maximum absolute atomic E-state index is 11.4. The highest BCUT2D eigenvalue weighted by atomic mass is 16.2. The van der Waals surface area contributed by atoms with Crippen LogP contribution in [-0.4, -0.2) is 30.9 Å². The molecule has 1 aromatic rings. The molecule has 0 aromatic heterocycles. The second-order valence-electron chi connectivity index (χ2n) is 3.82. The summed E-state index contributed by atoms with van der Waals surface area (Å²) in [5.41, 5.74) is 5.07. The zero-order valence-electron chi connectivity index (χ0n) is 11.3. The fourth-order valence-corrected chi connectivity index (χ4v) is 1.35. The van der Waals surface area contributed by atoms with E-state index in [0.29, 0.717) is 12.8 Å². The van der Waals surface area contributed by atoms with Crippen molar-refractivity contribution in [3.8, 4) is 0 Å². The Labute approximate surface area is 117 Å².